The molecule has 0 aromatic heterocycles. The first kappa shape index (κ1) is 12.7. The fourth-order valence-electron chi connectivity index (χ4n) is 2.90. The summed E-state index contributed by atoms with van der Waals surface area (Å²) in [6.07, 6.45) is 9.24. The summed E-state index contributed by atoms with van der Waals surface area (Å²) in [5.41, 5.74) is 0. The van der Waals surface area contributed by atoms with Crippen molar-refractivity contribution < 1.29 is 0 Å². The molecule has 0 amide bonds. The van der Waals surface area contributed by atoms with Crippen LogP contribution in [0.5, 0.6) is 0 Å². The number of nitrogens with one attached hydrogen (secondary N) is 1. The van der Waals surface area contributed by atoms with Gasteiger partial charge in [0.25, 0.3) is 0 Å². The lowest BCUT2D eigenvalue weighted by Crippen LogP contribution is -2.45. The quantitative estimate of drug-likeness (QED) is 0.770. The zero-order chi connectivity index (χ0) is 11.4. The maximum Gasteiger partial charge on any atom is 0.0284 e. The lowest BCUT2D eigenvalue weighted by Gasteiger charge is -2.43. The predicted octanol–water partition coefficient (Wildman–Crippen LogP) is 2.35. The molecular formula is C13H26N2S. The zero-order valence-electron chi connectivity index (χ0n) is 10.8. The maximum absolute atomic E-state index is 3.65. The highest BCUT2D eigenvalue weighted by molar-refractivity contribution is 8.00. The Kier molecular flexibility index (Phi) is 4.57. The van der Waals surface area contributed by atoms with E-state index in [1.165, 1.54) is 58.3 Å². The van der Waals surface area contributed by atoms with Gasteiger partial charge in [-0.25, -0.2) is 0 Å². The van der Waals surface area contributed by atoms with E-state index in [2.05, 4.69) is 35.2 Å². The van der Waals surface area contributed by atoms with Crippen molar-refractivity contribution in [1.29, 1.82) is 0 Å². The third kappa shape index (κ3) is 2.93. The van der Waals surface area contributed by atoms with Crippen molar-refractivity contribution in [3.8, 4) is 0 Å². The van der Waals surface area contributed by atoms with Crippen LogP contribution < -0.4 is 5.32 Å². The van der Waals surface area contributed by atoms with Crippen LogP contribution in [0.3, 0.4) is 0 Å². The van der Waals surface area contributed by atoms with Gasteiger partial charge in [-0.05, 0) is 45.0 Å². The largest absolute Gasteiger partial charge is 0.313 e. The van der Waals surface area contributed by atoms with Crippen molar-refractivity contribution in [3.05, 3.63) is 0 Å². The molecule has 1 aliphatic heterocycles. The van der Waals surface area contributed by atoms with Gasteiger partial charge in [0.15, 0.2) is 0 Å². The third-order valence-electron chi connectivity index (χ3n) is 4.16. The zero-order valence-corrected chi connectivity index (χ0v) is 11.6. The molecule has 0 spiro atoms. The van der Waals surface area contributed by atoms with Crippen LogP contribution in [-0.2, 0) is 0 Å². The van der Waals surface area contributed by atoms with E-state index in [0.717, 1.165) is 6.04 Å². The SMILES string of the molecule is CCCNC1CCN(CC2(SC)CCC2)C1. The Morgan fingerprint density at radius 2 is 2.25 bits per heavy atom. The summed E-state index contributed by atoms with van der Waals surface area (Å²) in [5.74, 6) is 0. The lowest BCUT2D eigenvalue weighted by molar-refractivity contribution is 0.231. The van der Waals surface area contributed by atoms with E-state index in [1.54, 1.807) is 0 Å². The molecule has 1 saturated heterocycles. The van der Waals surface area contributed by atoms with E-state index in [9.17, 15) is 0 Å². The standard InChI is InChI=1S/C13H26N2S/c1-3-8-14-12-5-9-15(10-12)11-13(16-2)6-4-7-13/h12,14H,3-11H2,1-2H3. The molecule has 1 aliphatic carbocycles. The molecule has 16 heavy (non-hydrogen) atoms. The van der Waals surface area contributed by atoms with E-state index in [1.807, 2.05) is 0 Å². The van der Waals surface area contributed by atoms with E-state index >= 15 is 0 Å². The molecule has 1 unspecified atom stereocenters. The average Bonchev–Trinajstić information content (AvgIpc) is 2.68. The molecule has 2 fully saturated rings. The molecular weight excluding hydrogens is 216 g/mol. The summed E-state index contributed by atoms with van der Waals surface area (Å²) in [7, 11) is 0. The fraction of sp³-hybridized carbons (Fsp3) is 1.00. The molecule has 2 rings (SSSR count). The van der Waals surface area contributed by atoms with Crippen molar-refractivity contribution in [2.24, 2.45) is 0 Å². The highest BCUT2D eigenvalue weighted by atomic mass is 32.2. The normalized spacial score (nSPS) is 29.2. The molecule has 3 heteroatoms. The van der Waals surface area contributed by atoms with Crippen LogP contribution in [0.15, 0.2) is 0 Å². The van der Waals surface area contributed by atoms with Crippen molar-refractivity contribution in [2.75, 3.05) is 32.4 Å². The van der Waals surface area contributed by atoms with Crippen LogP contribution in [-0.4, -0.2) is 48.1 Å². The summed E-state index contributed by atoms with van der Waals surface area (Å²) in [5, 5.41) is 3.65. The van der Waals surface area contributed by atoms with Gasteiger partial charge in [0.2, 0.25) is 0 Å². The summed E-state index contributed by atoms with van der Waals surface area (Å²) in [6, 6.07) is 0.763. The van der Waals surface area contributed by atoms with Crippen LogP contribution in [0.25, 0.3) is 0 Å². The maximum atomic E-state index is 3.65. The summed E-state index contributed by atoms with van der Waals surface area (Å²) >= 11 is 2.10. The fourth-order valence-corrected chi connectivity index (χ4v) is 3.91. The smallest absolute Gasteiger partial charge is 0.0284 e. The minimum absolute atomic E-state index is 0.625. The Balaban J connectivity index is 1.72. The Bertz CT molecular complexity index is 210. The van der Waals surface area contributed by atoms with Gasteiger partial charge in [-0.3, -0.25) is 0 Å². The first-order valence-corrected chi connectivity index (χ1v) is 8.01. The number of nitrogens with zero attached hydrogens (tertiary/aromatic N) is 1. The average molecular weight is 242 g/mol. The van der Waals surface area contributed by atoms with E-state index < -0.39 is 0 Å². The molecule has 0 radical (unpaired) electrons. The summed E-state index contributed by atoms with van der Waals surface area (Å²) < 4.78 is 0.625. The van der Waals surface area contributed by atoms with E-state index in [4.69, 9.17) is 0 Å². The number of hydrogen-bond acceptors (Lipinski definition) is 3. The van der Waals surface area contributed by atoms with Gasteiger partial charge >= 0.3 is 0 Å². The van der Waals surface area contributed by atoms with Crippen LogP contribution in [0.1, 0.15) is 39.0 Å². The first-order valence-electron chi connectivity index (χ1n) is 6.79. The van der Waals surface area contributed by atoms with E-state index in [0.29, 0.717) is 4.75 Å². The van der Waals surface area contributed by atoms with Gasteiger partial charge in [0.05, 0.1) is 0 Å². The van der Waals surface area contributed by atoms with Gasteiger partial charge in [0.1, 0.15) is 0 Å². The van der Waals surface area contributed by atoms with Gasteiger partial charge in [0, 0.05) is 23.9 Å². The molecule has 0 aromatic rings. The highest BCUT2D eigenvalue weighted by Gasteiger charge is 2.39. The summed E-state index contributed by atoms with van der Waals surface area (Å²) in [6.45, 7) is 7.35. The van der Waals surface area contributed by atoms with Crippen molar-refractivity contribution >= 4 is 11.8 Å². The van der Waals surface area contributed by atoms with Gasteiger partial charge in [-0.15, -0.1) is 0 Å². The molecule has 1 atom stereocenters. The number of rotatable bonds is 6. The second-order valence-electron chi connectivity index (χ2n) is 5.42. The van der Waals surface area contributed by atoms with Crippen LogP contribution in [0.2, 0.25) is 0 Å². The molecule has 2 aliphatic rings. The Labute approximate surface area is 105 Å². The third-order valence-corrected chi connectivity index (χ3v) is 5.57. The van der Waals surface area contributed by atoms with Gasteiger partial charge in [-0.1, -0.05) is 13.3 Å². The Morgan fingerprint density at radius 3 is 2.81 bits per heavy atom. The first-order chi connectivity index (χ1) is 7.78. The molecule has 1 N–H and O–H groups in total. The molecule has 0 bridgehead atoms. The van der Waals surface area contributed by atoms with Crippen LogP contribution in [0, 0.1) is 0 Å². The van der Waals surface area contributed by atoms with Crippen molar-refractivity contribution in [1.82, 2.24) is 10.2 Å². The van der Waals surface area contributed by atoms with Gasteiger partial charge in [-0.2, -0.15) is 11.8 Å². The Morgan fingerprint density at radius 1 is 1.44 bits per heavy atom. The summed E-state index contributed by atoms with van der Waals surface area (Å²) in [4.78, 5) is 2.68. The number of thioether (sulfide) groups is 1. The van der Waals surface area contributed by atoms with Gasteiger partial charge < -0.3 is 10.2 Å². The molecule has 1 heterocycles. The lowest BCUT2D eigenvalue weighted by atomic mass is 9.84. The minimum Gasteiger partial charge on any atom is -0.313 e. The molecule has 94 valence electrons. The second-order valence-corrected chi connectivity index (χ2v) is 6.69. The highest BCUT2D eigenvalue weighted by Crippen LogP contribution is 2.43. The van der Waals surface area contributed by atoms with Crippen LogP contribution >= 0.6 is 11.8 Å². The number of likely N-dealkylation sites (tertiary alicyclic amines) is 1. The van der Waals surface area contributed by atoms with Crippen molar-refractivity contribution in [3.63, 3.8) is 0 Å². The van der Waals surface area contributed by atoms with Crippen molar-refractivity contribution in [2.45, 2.75) is 49.8 Å². The van der Waals surface area contributed by atoms with Crippen LogP contribution in [0.4, 0.5) is 0 Å². The molecule has 2 nitrogen and oxygen atoms in total. The molecule has 0 aromatic carbocycles. The molecule has 1 saturated carbocycles. The second kappa shape index (κ2) is 5.74. The predicted molar refractivity (Wildman–Crippen MR) is 73.2 cm³/mol. The Hall–Kier alpha value is 0.270. The monoisotopic (exact) mass is 242 g/mol. The number of hydrogen-bond donors (Lipinski definition) is 1. The van der Waals surface area contributed by atoms with E-state index in [-0.39, 0.29) is 0 Å². The minimum atomic E-state index is 0.625. The topological polar surface area (TPSA) is 15.3 Å².